The summed E-state index contributed by atoms with van der Waals surface area (Å²) in [7, 11) is -0.873. The van der Waals surface area contributed by atoms with Crippen LogP contribution in [0.5, 0.6) is 11.5 Å². The largest absolute Gasteiger partial charge is 0.493 e. The fraction of sp³-hybridized carbons (Fsp3) is 0.138. The van der Waals surface area contributed by atoms with Crippen molar-refractivity contribution in [3.05, 3.63) is 83.9 Å². The van der Waals surface area contributed by atoms with Gasteiger partial charge in [0.05, 0.1) is 36.1 Å². The Bertz CT molecular complexity index is 1720. The molecule has 0 radical (unpaired) electrons. The van der Waals surface area contributed by atoms with E-state index < -0.39 is 15.9 Å². The number of carbonyl (C=O) groups is 1. The third-order valence-corrected chi connectivity index (χ3v) is 7.90. The van der Waals surface area contributed by atoms with Crippen molar-refractivity contribution in [2.75, 3.05) is 25.3 Å². The van der Waals surface area contributed by atoms with Crippen LogP contribution in [-0.4, -0.2) is 39.3 Å². The molecule has 4 rings (SSSR count). The molecule has 3 N–H and O–H groups in total. The van der Waals surface area contributed by atoms with Crippen molar-refractivity contribution < 1.29 is 22.7 Å². The highest BCUT2D eigenvalue weighted by Gasteiger charge is 2.21. The lowest BCUT2D eigenvalue weighted by molar-refractivity contribution is -0.113. The molecule has 9 nitrogen and oxygen atoms in total. The maximum Gasteiger partial charge on any atom is 0.238 e. The number of nitrogens with two attached hydrogens (primary N) is 1. The first kappa shape index (κ1) is 28.6. The lowest BCUT2D eigenvalue weighted by atomic mass is 9.98. The summed E-state index contributed by atoms with van der Waals surface area (Å²) in [6, 6.07) is 23.2. The van der Waals surface area contributed by atoms with Gasteiger partial charge in [0.25, 0.3) is 0 Å². The monoisotopic (exact) mass is 574 g/mol. The molecular formula is C29H26N4O5S2. The predicted molar refractivity (Wildman–Crippen MR) is 155 cm³/mol. The summed E-state index contributed by atoms with van der Waals surface area (Å²) < 4.78 is 34.6. The molecule has 0 saturated heterocycles. The summed E-state index contributed by atoms with van der Waals surface area (Å²) in [5.74, 6) is 0.474. The fourth-order valence-electron chi connectivity index (χ4n) is 4.04. The van der Waals surface area contributed by atoms with Crippen LogP contribution in [0.2, 0.25) is 0 Å². The van der Waals surface area contributed by atoms with Gasteiger partial charge in [0.15, 0.2) is 11.5 Å². The first-order valence-corrected chi connectivity index (χ1v) is 14.5. The molecule has 11 heteroatoms. The number of nitriles is 1. The Morgan fingerprint density at radius 2 is 1.77 bits per heavy atom. The number of anilines is 1. The molecule has 0 aliphatic heterocycles. The molecule has 1 aromatic heterocycles. The Hall–Kier alpha value is -4.37. The summed E-state index contributed by atoms with van der Waals surface area (Å²) >= 11 is 1.09. The smallest absolute Gasteiger partial charge is 0.238 e. The Labute approximate surface area is 237 Å². The third kappa shape index (κ3) is 6.26. The molecule has 0 spiro atoms. The van der Waals surface area contributed by atoms with Gasteiger partial charge in [0.2, 0.25) is 15.9 Å². The van der Waals surface area contributed by atoms with Crippen LogP contribution in [0.1, 0.15) is 11.1 Å². The molecular weight excluding hydrogens is 548 g/mol. The highest BCUT2D eigenvalue weighted by atomic mass is 32.2. The second kappa shape index (κ2) is 12.2. The molecule has 0 aliphatic rings. The number of thioether (sulfide) groups is 1. The van der Waals surface area contributed by atoms with Gasteiger partial charge >= 0.3 is 0 Å². The van der Waals surface area contributed by atoms with E-state index >= 15 is 0 Å². The van der Waals surface area contributed by atoms with Crippen molar-refractivity contribution in [1.29, 1.82) is 5.26 Å². The number of nitrogens with zero attached hydrogens (tertiary/aromatic N) is 2. The normalized spacial score (nSPS) is 11.0. The van der Waals surface area contributed by atoms with Crippen molar-refractivity contribution in [1.82, 2.24) is 4.98 Å². The van der Waals surface area contributed by atoms with E-state index in [1.165, 1.54) is 26.4 Å². The number of nitrogens with one attached hydrogen (secondary N) is 1. The van der Waals surface area contributed by atoms with Gasteiger partial charge in [-0.3, -0.25) is 4.79 Å². The minimum absolute atomic E-state index is 0.0896. The molecule has 1 heterocycles. The topological polar surface area (TPSA) is 144 Å². The molecule has 0 unspecified atom stereocenters. The number of primary sulfonamides is 1. The number of sulfonamides is 1. The van der Waals surface area contributed by atoms with E-state index in [1.54, 1.807) is 25.1 Å². The maximum atomic E-state index is 12.9. The highest BCUT2D eigenvalue weighted by Crippen LogP contribution is 2.42. The summed E-state index contributed by atoms with van der Waals surface area (Å²) in [4.78, 5) is 17.6. The number of para-hydroxylation sites is 1. The molecule has 0 saturated carbocycles. The van der Waals surface area contributed by atoms with Crippen molar-refractivity contribution in [2.45, 2.75) is 16.8 Å². The van der Waals surface area contributed by atoms with E-state index in [9.17, 15) is 18.5 Å². The lowest BCUT2D eigenvalue weighted by Crippen LogP contribution is -2.17. The van der Waals surface area contributed by atoms with E-state index in [2.05, 4.69) is 11.4 Å². The number of aromatic nitrogens is 1. The molecule has 204 valence electrons. The average Bonchev–Trinajstić information content (AvgIpc) is 2.96. The number of benzene rings is 3. The minimum atomic E-state index is -3.94. The van der Waals surface area contributed by atoms with Gasteiger partial charge in [-0.25, -0.2) is 18.5 Å². The predicted octanol–water partition coefficient (Wildman–Crippen LogP) is 4.99. The van der Waals surface area contributed by atoms with Crippen molar-refractivity contribution in [2.24, 2.45) is 5.14 Å². The van der Waals surface area contributed by atoms with Crippen molar-refractivity contribution in [3.63, 3.8) is 0 Å². The van der Waals surface area contributed by atoms with Crippen LogP contribution < -0.4 is 19.9 Å². The Kier molecular flexibility index (Phi) is 8.74. The quantitative estimate of drug-likeness (QED) is 0.266. The van der Waals surface area contributed by atoms with Crippen molar-refractivity contribution >= 4 is 33.4 Å². The number of methoxy groups -OCH3 is 2. The summed E-state index contributed by atoms with van der Waals surface area (Å²) in [5, 5.41) is 18.5. The van der Waals surface area contributed by atoms with Crippen LogP contribution in [-0.2, 0) is 14.8 Å². The first-order chi connectivity index (χ1) is 19.2. The SMILES string of the molecule is COc1cccc(-c2cc(-c3ccccc3)nc(SCC(=O)Nc3cc(S(N)(=O)=O)ccc3C)c2C#N)c1OC. The average molecular weight is 575 g/mol. The molecule has 1 amide bonds. The fourth-order valence-corrected chi connectivity index (χ4v) is 5.38. The number of hydrogen-bond donors (Lipinski definition) is 2. The number of rotatable bonds is 9. The summed E-state index contributed by atoms with van der Waals surface area (Å²) in [5.41, 5.74) is 3.92. The van der Waals surface area contributed by atoms with Gasteiger partial charge in [0.1, 0.15) is 11.1 Å². The third-order valence-electron chi connectivity index (χ3n) is 6.01. The molecule has 4 aromatic rings. The van der Waals surface area contributed by atoms with E-state index in [-0.39, 0.29) is 16.2 Å². The van der Waals surface area contributed by atoms with E-state index in [4.69, 9.17) is 19.6 Å². The van der Waals surface area contributed by atoms with E-state index in [0.29, 0.717) is 44.6 Å². The van der Waals surface area contributed by atoms with Gasteiger partial charge < -0.3 is 14.8 Å². The molecule has 3 aromatic carbocycles. The summed E-state index contributed by atoms with van der Waals surface area (Å²) in [6.45, 7) is 1.74. The second-order valence-electron chi connectivity index (χ2n) is 8.61. The Morgan fingerprint density at radius 1 is 1.02 bits per heavy atom. The Morgan fingerprint density at radius 3 is 2.42 bits per heavy atom. The number of hydrogen-bond acceptors (Lipinski definition) is 8. The summed E-state index contributed by atoms with van der Waals surface area (Å²) in [6.07, 6.45) is 0. The van der Waals surface area contributed by atoms with Gasteiger partial charge in [0, 0.05) is 22.4 Å². The second-order valence-corrected chi connectivity index (χ2v) is 11.1. The van der Waals surface area contributed by atoms with Crippen LogP contribution in [0.25, 0.3) is 22.4 Å². The number of amides is 1. The van der Waals surface area contributed by atoms with Crippen LogP contribution in [0, 0.1) is 18.3 Å². The number of aryl methyl sites for hydroxylation is 1. The number of pyridine rings is 1. The molecule has 0 atom stereocenters. The number of carbonyl (C=O) groups excluding carboxylic acids is 1. The Balaban J connectivity index is 1.74. The van der Waals surface area contributed by atoms with Gasteiger partial charge in [-0.1, -0.05) is 60.3 Å². The number of ether oxygens (including phenoxy) is 2. The van der Waals surface area contributed by atoms with Crippen LogP contribution in [0.4, 0.5) is 5.69 Å². The van der Waals surface area contributed by atoms with E-state index in [0.717, 1.165) is 17.3 Å². The maximum absolute atomic E-state index is 12.9. The van der Waals surface area contributed by atoms with Crippen LogP contribution in [0.3, 0.4) is 0 Å². The molecule has 40 heavy (non-hydrogen) atoms. The first-order valence-electron chi connectivity index (χ1n) is 11.9. The molecule has 0 fully saturated rings. The molecule has 0 aliphatic carbocycles. The highest BCUT2D eigenvalue weighted by molar-refractivity contribution is 8.00. The van der Waals surface area contributed by atoms with Gasteiger partial charge in [-0.2, -0.15) is 5.26 Å². The van der Waals surface area contributed by atoms with E-state index in [1.807, 2.05) is 42.5 Å². The zero-order chi connectivity index (χ0) is 28.9. The zero-order valence-electron chi connectivity index (χ0n) is 22.0. The van der Waals surface area contributed by atoms with Crippen molar-refractivity contribution in [3.8, 4) is 40.0 Å². The standard InChI is InChI=1S/C29H26N4O5S2/c1-18-12-13-20(40(31,35)36)14-24(18)32-27(34)17-39-29-23(16-30)22(15-25(33-29)19-8-5-4-6-9-19)21-10-7-11-26(37-2)28(21)38-3/h4-15H,17H2,1-3H3,(H,32,34)(H2,31,35,36). The minimum Gasteiger partial charge on any atom is -0.493 e. The van der Waals surface area contributed by atoms with Crippen LogP contribution >= 0.6 is 11.8 Å². The lowest BCUT2D eigenvalue weighted by Gasteiger charge is -2.16. The zero-order valence-corrected chi connectivity index (χ0v) is 23.6. The van der Waals surface area contributed by atoms with Crippen LogP contribution in [0.15, 0.2) is 82.7 Å². The van der Waals surface area contributed by atoms with Gasteiger partial charge in [-0.15, -0.1) is 0 Å². The van der Waals surface area contributed by atoms with Gasteiger partial charge in [-0.05, 0) is 36.8 Å². The molecule has 0 bridgehead atoms.